The van der Waals surface area contributed by atoms with Gasteiger partial charge in [0.25, 0.3) is 0 Å². The molecule has 1 aromatic carbocycles. The van der Waals surface area contributed by atoms with Gasteiger partial charge in [0.2, 0.25) is 0 Å². The van der Waals surface area contributed by atoms with Gasteiger partial charge in [-0.2, -0.15) is 0 Å². The summed E-state index contributed by atoms with van der Waals surface area (Å²) in [6, 6.07) is 4.28. The first-order chi connectivity index (χ1) is 8.67. The second kappa shape index (κ2) is 6.16. The molecule has 100 valence electrons. The zero-order chi connectivity index (χ0) is 13.0. The Bertz CT molecular complexity index is 369. The monoisotopic (exact) mass is 252 g/mol. The quantitative estimate of drug-likeness (QED) is 0.860. The van der Waals surface area contributed by atoms with Gasteiger partial charge in [-0.1, -0.05) is 0 Å². The smallest absolute Gasteiger partial charge is 0.127 e. The number of piperidine rings is 1. The highest BCUT2D eigenvalue weighted by Gasteiger charge is 2.18. The number of nitrogens with zero attached hydrogens (tertiary/aromatic N) is 1. The SMILES string of the molecule is CNCC1CCN(Cc2cc(O)cc(F)c2)CC1. The van der Waals surface area contributed by atoms with Crippen molar-refractivity contribution in [2.45, 2.75) is 19.4 Å². The highest BCUT2D eigenvalue weighted by molar-refractivity contribution is 5.28. The van der Waals surface area contributed by atoms with Gasteiger partial charge in [-0.05, 0) is 63.1 Å². The molecule has 0 unspecified atom stereocenters. The van der Waals surface area contributed by atoms with Crippen molar-refractivity contribution in [2.24, 2.45) is 5.92 Å². The molecule has 4 heteroatoms. The predicted octanol–water partition coefficient (Wildman–Crippen LogP) is 1.96. The largest absolute Gasteiger partial charge is 0.508 e. The van der Waals surface area contributed by atoms with Crippen LogP contribution in [0.15, 0.2) is 18.2 Å². The van der Waals surface area contributed by atoms with Gasteiger partial charge in [-0.25, -0.2) is 4.39 Å². The minimum Gasteiger partial charge on any atom is -0.508 e. The van der Waals surface area contributed by atoms with Gasteiger partial charge in [0.1, 0.15) is 11.6 Å². The fourth-order valence-corrected chi connectivity index (χ4v) is 2.62. The van der Waals surface area contributed by atoms with Crippen LogP contribution in [0.3, 0.4) is 0 Å². The second-order valence-electron chi connectivity index (χ2n) is 5.09. The van der Waals surface area contributed by atoms with Gasteiger partial charge in [-0.3, -0.25) is 4.90 Å². The van der Waals surface area contributed by atoms with Crippen LogP contribution in [0.1, 0.15) is 18.4 Å². The number of phenolic OH excluding ortho intramolecular Hbond substituents is 1. The molecule has 18 heavy (non-hydrogen) atoms. The fourth-order valence-electron chi connectivity index (χ4n) is 2.62. The highest BCUT2D eigenvalue weighted by Crippen LogP contribution is 2.20. The molecule has 0 atom stereocenters. The molecule has 1 heterocycles. The van der Waals surface area contributed by atoms with Crippen LogP contribution in [0.5, 0.6) is 5.75 Å². The molecule has 0 spiro atoms. The third-order valence-corrected chi connectivity index (χ3v) is 3.55. The lowest BCUT2D eigenvalue weighted by Gasteiger charge is -2.31. The zero-order valence-corrected chi connectivity index (χ0v) is 10.8. The molecule has 1 fully saturated rings. The van der Waals surface area contributed by atoms with E-state index >= 15 is 0 Å². The standard InChI is InChI=1S/C14H21FN2O/c1-16-9-11-2-4-17(5-3-11)10-12-6-13(15)8-14(18)7-12/h6-8,11,16,18H,2-5,9-10H2,1H3. The third-order valence-electron chi connectivity index (χ3n) is 3.55. The summed E-state index contributed by atoms with van der Waals surface area (Å²) in [6.45, 7) is 3.89. The maximum absolute atomic E-state index is 13.2. The van der Waals surface area contributed by atoms with Gasteiger partial charge in [0, 0.05) is 12.6 Å². The molecule has 2 rings (SSSR count). The number of aromatic hydroxyl groups is 1. The molecule has 0 radical (unpaired) electrons. The lowest BCUT2D eigenvalue weighted by Crippen LogP contribution is -2.36. The molecule has 1 aromatic rings. The Kier molecular flexibility index (Phi) is 4.55. The summed E-state index contributed by atoms with van der Waals surface area (Å²) in [6.07, 6.45) is 2.37. The number of rotatable bonds is 4. The van der Waals surface area contributed by atoms with Crippen LogP contribution in [0.4, 0.5) is 4.39 Å². The first kappa shape index (κ1) is 13.3. The summed E-state index contributed by atoms with van der Waals surface area (Å²) < 4.78 is 13.2. The molecule has 1 aliphatic heterocycles. The minimum absolute atomic E-state index is 0.00932. The molecule has 0 bridgehead atoms. The lowest BCUT2D eigenvalue weighted by molar-refractivity contribution is 0.176. The lowest BCUT2D eigenvalue weighted by atomic mass is 9.96. The summed E-state index contributed by atoms with van der Waals surface area (Å²) in [5.74, 6) is 0.400. The Morgan fingerprint density at radius 2 is 2.06 bits per heavy atom. The molecule has 1 saturated heterocycles. The first-order valence-electron chi connectivity index (χ1n) is 6.53. The molecule has 0 saturated carbocycles. The van der Waals surface area contributed by atoms with E-state index in [9.17, 15) is 9.50 Å². The van der Waals surface area contributed by atoms with Crippen LogP contribution >= 0.6 is 0 Å². The van der Waals surface area contributed by atoms with Crippen molar-refractivity contribution in [1.29, 1.82) is 0 Å². The maximum atomic E-state index is 13.2. The molecular weight excluding hydrogens is 231 g/mol. The summed E-state index contributed by atoms with van der Waals surface area (Å²) >= 11 is 0. The number of halogens is 1. The van der Waals surface area contributed by atoms with E-state index in [0.717, 1.165) is 43.7 Å². The van der Waals surface area contributed by atoms with Gasteiger partial charge in [0.15, 0.2) is 0 Å². The van der Waals surface area contributed by atoms with Crippen molar-refractivity contribution in [3.8, 4) is 5.75 Å². The minimum atomic E-state index is -0.366. The highest BCUT2D eigenvalue weighted by atomic mass is 19.1. The van der Waals surface area contributed by atoms with Gasteiger partial charge in [0.05, 0.1) is 0 Å². The van der Waals surface area contributed by atoms with Gasteiger partial charge in [-0.15, -0.1) is 0 Å². The van der Waals surface area contributed by atoms with Crippen LogP contribution < -0.4 is 5.32 Å². The van der Waals surface area contributed by atoms with Crippen LogP contribution in [-0.2, 0) is 6.54 Å². The number of nitrogens with one attached hydrogen (secondary N) is 1. The number of hydrogen-bond donors (Lipinski definition) is 2. The van der Waals surface area contributed by atoms with Crippen LogP contribution in [0, 0.1) is 11.7 Å². The van der Waals surface area contributed by atoms with Crippen molar-refractivity contribution in [3.05, 3.63) is 29.6 Å². The number of benzene rings is 1. The van der Waals surface area contributed by atoms with Gasteiger partial charge < -0.3 is 10.4 Å². The average Bonchev–Trinajstić information content (AvgIpc) is 2.31. The van der Waals surface area contributed by atoms with Crippen molar-refractivity contribution in [3.63, 3.8) is 0 Å². The molecular formula is C14H21FN2O. The zero-order valence-electron chi connectivity index (χ0n) is 10.8. The Hall–Kier alpha value is -1.13. The van der Waals surface area contributed by atoms with Crippen molar-refractivity contribution >= 4 is 0 Å². The molecule has 2 N–H and O–H groups in total. The summed E-state index contributed by atoms with van der Waals surface area (Å²) in [5.41, 5.74) is 0.847. The number of hydrogen-bond acceptors (Lipinski definition) is 3. The molecule has 0 amide bonds. The predicted molar refractivity (Wildman–Crippen MR) is 70.0 cm³/mol. The van der Waals surface area contributed by atoms with Crippen LogP contribution in [0.2, 0.25) is 0 Å². The number of likely N-dealkylation sites (tertiary alicyclic amines) is 1. The normalized spacial score (nSPS) is 18.1. The Morgan fingerprint density at radius 3 is 2.67 bits per heavy atom. The van der Waals surface area contributed by atoms with E-state index in [1.54, 1.807) is 6.07 Å². The molecule has 0 aromatic heterocycles. The topological polar surface area (TPSA) is 35.5 Å². The summed E-state index contributed by atoms with van der Waals surface area (Å²) in [4.78, 5) is 2.32. The average molecular weight is 252 g/mol. The first-order valence-corrected chi connectivity index (χ1v) is 6.53. The maximum Gasteiger partial charge on any atom is 0.127 e. The van der Waals surface area contributed by atoms with Crippen LogP contribution in [-0.4, -0.2) is 36.7 Å². The molecule has 1 aliphatic rings. The second-order valence-corrected chi connectivity index (χ2v) is 5.09. The van der Waals surface area contributed by atoms with E-state index in [2.05, 4.69) is 10.2 Å². The molecule has 3 nitrogen and oxygen atoms in total. The van der Waals surface area contributed by atoms with E-state index in [1.807, 2.05) is 7.05 Å². The van der Waals surface area contributed by atoms with Gasteiger partial charge >= 0.3 is 0 Å². The van der Waals surface area contributed by atoms with E-state index in [4.69, 9.17) is 0 Å². The van der Waals surface area contributed by atoms with E-state index in [1.165, 1.54) is 18.9 Å². The van der Waals surface area contributed by atoms with Crippen molar-refractivity contribution in [1.82, 2.24) is 10.2 Å². The van der Waals surface area contributed by atoms with Crippen LogP contribution in [0.25, 0.3) is 0 Å². The summed E-state index contributed by atoms with van der Waals surface area (Å²) in [5, 5.41) is 12.6. The summed E-state index contributed by atoms with van der Waals surface area (Å²) in [7, 11) is 1.99. The Labute approximate surface area is 108 Å². The van der Waals surface area contributed by atoms with Crippen molar-refractivity contribution < 1.29 is 9.50 Å². The van der Waals surface area contributed by atoms with Crippen molar-refractivity contribution in [2.75, 3.05) is 26.7 Å². The Morgan fingerprint density at radius 1 is 1.33 bits per heavy atom. The van der Waals surface area contributed by atoms with E-state index in [0.29, 0.717) is 0 Å². The van der Waals surface area contributed by atoms with E-state index in [-0.39, 0.29) is 11.6 Å². The fraction of sp³-hybridized carbons (Fsp3) is 0.571. The molecule has 0 aliphatic carbocycles. The number of phenols is 1. The van der Waals surface area contributed by atoms with E-state index < -0.39 is 0 Å². The third kappa shape index (κ3) is 3.68. The Balaban J connectivity index is 1.87.